The van der Waals surface area contributed by atoms with E-state index < -0.39 is 0 Å². The quantitative estimate of drug-likeness (QED) is 0.204. The lowest BCUT2D eigenvalue weighted by molar-refractivity contribution is 0.103. The van der Waals surface area contributed by atoms with Gasteiger partial charge in [0.15, 0.2) is 5.78 Å². The van der Waals surface area contributed by atoms with Gasteiger partial charge in [0.05, 0.1) is 5.02 Å². The molecule has 0 aromatic heterocycles. The first-order valence-electron chi connectivity index (χ1n) is 11.2. The minimum Gasteiger partial charge on any atom is -0.289 e. The Balaban J connectivity index is 1.23. The van der Waals surface area contributed by atoms with Gasteiger partial charge in [-0.3, -0.25) is 4.79 Å². The van der Waals surface area contributed by atoms with Crippen molar-refractivity contribution in [3.63, 3.8) is 0 Å². The van der Waals surface area contributed by atoms with E-state index in [0.717, 1.165) is 9.79 Å². The van der Waals surface area contributed by atoms with Crippen LogP contribution in [0.2, 0.25) is 5.02 Å². The average molecular weight is 509 g/mol. The molecule has 0 fully saturated rings. The van der Waals surface area contributed by atoms with Gasteiger partial charge < -0.3 is 0 Å². The van der Waals surface area contributed by atoms with Gasteiger partial charge in [-0.25, -0.2) is 0 Å². The second-order valence-corrected chi connectivity index (χ2v) is 10.6. The number of rotatable bonds is 7. The molecule has 0 saturated carbocycles. The van der Waals surface area contributed by atoms with Crippen LogP contribution < -0.4 is 0 Å². The first kappa shape index (κ1) is 23.5. The molecule has 0 amide bonds. The molecule has 0 aliphatic rings. The van der Waals surface area contributed by atoms with Crippen LogP contribution in [0.1, 0.15) is 15.9 Å². The van der Waals surface area contributed by atoms with Crippen molar-refractivity contribution in [2.24, 2.45) is 0 Å². The first-order chi connectivity index (χ1) is 17.2. The topological polar surface area (TPSA) is 17.1 Å². The lowest BCUT2D eigenvalue weighted by Gasteiger charge is -2.07. The Labute approximate surface area is 219 Å². The second kappa shape index (κ2) is 11.0. The molecule has 0 aliphatic carbocycles. The summed E-state index contributed by atoms with van der Waals surface area (Å²) in [4.78, 5) is 17.4. The molecule has 5 aromatic carbocycles. The van der Waals surface area contributed by atoms with Crippen LogP contribution in [0, 0.1) is 0 Å². The summed E-state index contributed by atoms with van der Waals surface area (Å²) in [5.74, 6) is -0.0651. The SMILES string of the molecule is O=C(c1ccc(Sc2ccc(-c3ccc(Sc4ccccc4)cc3)cc2)cc1)c1ccccc1Cl. The highest BCUT2D eigenvalue weighted by Gasteiger charge is 2.12. The first-order valence-corrected chi connectivity index (χ1v) is 13.2. The number of ketones is 1. The van der Waals surface area contributed by atoms with E-state index in [4.69, 9.17) is 11.6 Å². The van der Waals surface area contributed by atoms with Crippen molar-refractivity contribution in [3.05, 3.63) is 144 Å². The van der Waals surface area contributed by atoms with Gasteiger partial charge in [-0.15, -0.1) is 0 Å². The van der Waals surface area contributed by atoms with Crippen LogP contribution in [0.25, 0.3) is 11.1 Å². The zero-order valence-electron chi connectivity index (χ0n) is 18.7. The van der Waals surface area contributed by atoms with E-state index in [1.165, 1.54) is 20.9 Å². The van der Waals surface area contributed by atoms with Crippen LogP contribution in [0.4, 0.5) is 0 Å². The number of hydrogen-bond donors (Lipinski definition) is 0. The van der Waals surface area contributed by atoms with E-state index in [0.29, 0.717) is 16.1 Å². The molecule has 1 nitrogen and oxygen atoms in total. The highest BCUT2D eigenvalue weighted by atomic mass is 35.5. The fourth-order valence-electron chi connectivity index (χ4n) is 3.67. The van der Waals surface area contributed by atoms with Crippen molar-refractivity contribution in [2.45, 2.75) is 19.6 Å². The Morgan fingerprint density at radius 2 is 0.914 bits per heavy atom. The molecule has 0 atom stereocenters. The molecule has 0 radical (unpaired) electrons. The minimum absolute atomic E-state index is 0.0651. The lowest BCUT2D eigenvalue weighted by Crippen LogP contribution is -2.01. The molecule has 0 aliphatic heterocycles. The summed E-state index contributed by atoms with van der Waals surface area (Å²) >= 11 is 9.62. The molecule has 5 rings (SSSR count). The van der Waals surface area contributed by atoms with Crippen molar-refractivity contribution in [3.8, 4) is 11.1 Å². The van der Waals surface area contributed by atoms with Gasteiger partial charge in [-0.05, 0) is 83.9 Å². The third kappa shape index (κ3) is 5.88. The van der Waals surface area contributed by atoms with Gasteiger partial charge >= 0.3 is 0 Å². The van der Waals surface area contributed by atoms with Crippen molar-refractivity contribution in [1.82, 2.24) is 0 Å². The number of carbonyl (C=O) groups is 1. The van der Waals surface area contributed by atoms with Crippen LogP contribution in [0.3, 0.4) is 0 Å². The van der Waals surface area contributed by atoms with Crippen molar-refractivity contribution < 1.29 is 4.79 Å². The average Bonchev–Trinajstić information content (AvgIpc) is 2.91. The summed E-state index contributed by atoms with van der Waals surface area (Å²) in [5, 5.41) is 0.473. The molecule has 0 bridgehead atoms. The standard InChI is InChI=1S/C31H21ClOS2/c32-30-9-5-4-8-29(30)31(33)24-14-20-28(21-15-24)35-27-18-12-23(13-19-27)22-10-16-26(17-11-22)34-25-6-2-1-3-7-25/h1-21H. The van der Waals surface area contributed by atoms with Crippen LogP contribution in [-0.2, 0) is 0 Å². The molecule has 0 unspecified atom stereocenters. The molecular formula is C31H21ClOS2. The molecule has 0 heterocycles. The van der Waals surface area contributed by atoms with Crippen molar-refractivity contribution in [1.29, 1.82) is 0 Å². The Morgan fingerprint density at radius 1 is 0.486 bits per heavy atom. The summed E-state index contributed by atoms with van der Waals surface area (Å²) in [6.45, 7) is 0. The third-order valence-corrected chi connectivity index (χ3v) is 7.85. The second-order valence-electron chi connectivity index (χ2n) is 7.90. The van der Waals surface area contributed by atoms with E-state index in [1.54, 1.807) is 35.7 Å². The Hall–Kier alpha value is -3.24. The van der Waals surface area contributed by atoms with Gasteiger partial charge in [0.2, 0.25) is 0 Å². The third-order valence-electron chi connectivity index (χ3n) is 5.49. The van der Waals surface area contributed by atoms with E-state index in [-0.39, 0.29) is 5.78 Å². The fraction of sp³-hybridized carbons (Fsp3) is 0. The molecule has 170 valence electrons. The Kier molecular flexibility index (Phi) is 7.39. The van der Waals surface area contributed by atoms with E-state index in [2.05, 4.69) is 72.8 Å². The zero-order valence-corrected chi connectivity index (χ0v) is 21.1. The minimum atomic E-state index is -0.0651. The monoisotopic (exact) mass is 508 g/mol. The summed E-state index contributed by atoms with van der Waals surface area (Å²) in [6.07, 6.45) is 0. The van der Waals surface area contributed by atoms with Crippen molar-refractivity contribution in [2.75, 3.05) is 0 Å². The molecule has 0 N–H and O–H groups in total. The van der Waals surface area contributed by atoms with E-state index in [9.17, 15) is 4.79 Å². The number of halogens is 1. The van der Waals surface area contributed by atoms with Crippen LogP contribution in [-0.4, -0.2) is 5.78 Å². The smallest absolute Gasteiger partial charge is 0.194 e. The molecule has 0 spiro atoms. The summed E-state index contributed by atoms with van der Waals surface area (Å²) in [5.41, 5.74) is 3.54. The summed E-state index contributed by atoms with van der Waals surface area (Å²) in [7, 11) is 0. The predicted molar refractivity (Wildman–Crippen MR) is 148 cm³/mol. The maximum Gasteiger partial charge on any atom is 0.194 e. The molecule has 35 heavy (non-hydrogen) atoms. The maximum absolute atomic E-state index is 12.7. The summed E-state index contributed by atoms with van der Waals surface area (Å²) in [6, 6.07) is 42.5. The molecular weight excluding hydrogens is 488 g/mol. The fourth-order valence-corrected chi connectivity index (χ4v) is 5.54. The molecule has 4 heteroatoms. The largest absolute Gasteiger partial charge is 0.289 e. The van der Waals surface area contributed by atoms with Gasteiger partial charge in [0.25, 0.3) is 0 Å². The Bertz CT molecular complexity index is 1430. The number of hydrogen-bond acceptors (Lipinski definition) is 3. The van der Waals surface area contributed by atoms with E-state index in [1.807, 2.05) is 42.5 Å². The summed E-state index contributed by atoms with van der Waals surface area (Å²) < 4.78 is 0. The van der Waals surface area contributed by atoms with Crippen LogP contribution in [0.15, 0.2) is 147 Å². The van der Waals surface area contributed by atoms with Gasteiger partial charge in [-0.2, -0.15) is 0 Å². The maximum atomic E-state index is 12.7. The van der Waals surface area contributed by atoms with E-state index >= 15 is 0 Å². The van der Waals surface area contributed by atoms with Gasteiger partial charge in [-0.1, -0.05) is 89.7 Å². The molecule has 0 saturated heterocycles. The predicted octanol–water partition coefficient (Wildman–Crippen LogP) is 9.54. The van der Waals surface area contributed by atoms with Gasteiger partial charge in [0, 0.05) is 30.7 Å². The highest BCUT2D eigenvalue weighted by Crippen LogP contribution is 2.32. The normalized spacial score (nSPS) is 10.8. The highest BCUT2D eigenvalue weighted by molar-refractivity contribution is 7.99. The zero-order chi connectivity index (χ0) is 24.0. The molecule has 5 aromatic rings. The van der Waals surface area contributed by atoms with Gasteiger partial charge in [0.1, 0.15) is 0 Å². The Morgan fingerprint density at radius 3 is 1.43 bits per heavy atom. The van der Waals surface area contributed by atoms with Crippen molar-refractivity contribution >= 4 is 40.9 Å². The number of carbonyl (C=O) groups excluding carboxylic acids is 1. The number of benzene rings is 5. The van der Waals surface area contributed by atoms with Crippen LogP contribution >= 0.6 is 35.1 Å². The lowest BCUT2D eigenvalue weighted by atomic mass is 10.0. The van der Waals surface area contributed by atoms with Crippen LogP contribution in [0.5, 0.6) is 0 Å².